The average molecular weight is 243 g/mol. The number of hydrogen-bond acceptors (Lipinski definition) is 1. The topological polar surface area (TPSA) is 44.9 Å². The molecule has 70 valence electrons. The Kier molecular flexibility index (Phi) is 2.15. The quantitative estimate of drug-likeness (QED) is 0.818. The summed E-state index contributed by atoms with van der Waals surface area (Å²) in [5.74, 6) is 0.655. The Morgan fingerprint density at radius 2 is 2.46 bits per heavy atom. The SMILES string of the molecule is C[C@@H]1C[C@H]1NC(=O)c1c[nH]c(Br)c1. The molecule has 1 aromatic rings. The highest BCUT2D eigenvalue weighted by molar-refractivity contribution is 9.10. The van der Waals surface area contributed by atoms with E-state index in [4.69, 9.17) is 0 Å². The number of aromatic nitrogens is 1. The normalized spacial score (nSPS) is 25.7. The van der Waals surface area contributed by atoms with Gasteiger partial charge in [0.15, 0.2) is 0 Å². The largest absolute Gasteiger partial charge is 0.355 e. The summed E-state index contributed by atoms with van der Waals surface area (Å²) in [6.07, 6.45) is 2.81. The van der Waals surface area contributed by atoms with Gasteiger partial charge in [-0.1, -0.05) is 6.92 Å². The van der Waals surface area contributed by atoms with Crippen LogP contribution in [-0.4, -0.2) is 16.9 Å². The van der Waals surface area contributed by atoms with Crippen molar-refractivity contribution in [2.45, 2.75) is 19.4 Å². The summed E-state index contributed by atoms with van der Waals surface area (Å²) in [4.78, 5) is 14.4. The standard InChI is InChI=1S/C9H11BrN2O/c1-5-2-7(5)12-9(13)6-3-8(10)11-4-6/h3-5,7,11H,2H2,1H3,(H,12,13)/t5-,7-/m1/s1. The first-order chi connectivity index (χ1) is 6.16. The molecule has 1 aliphatic carbocycles. The summed E-state index contributed by atoms with van der Waals surface area (Å²) < 4.78 is 0.835. The second kappa shape index (κ2) is 3.18. The van der Waals surface area contributed by atoms with Gasteiger partial charge in [0.1, 0.15) is 0 Å². The maximum atomic E-state index is 11.5. The molecule has 2 N–H and O–H groups in total. The van der Waals surface area contributed by atoms with Crippen LogP contribution in [0.1, 0.15) is 23.7 Å². The van der Waals surface area contributed by atoms with Gasteiger partial charge < -0.3 is 10.3 Å². The number of aromatic amines is 1. The molecule has 2 atom stereocenters. The zero-order valence-corrected chi connectivity index (χ0v) is 8.89. The van der Waals surface area contributed by atoms with Crippen molar-refractivity contribution in [3.8, 4) is 0 Å². The molecule has 1 aliphatic rings. The monoisotopic (exact) mass is 242 g/mol. The van der Waals surface area contributed by atoms with Crippen LogP contribution in [0.25, 0.3) is 0 Å². The van der Waals surface area contributed by atoms with E-state index in [9.17, 15) is 4.79 Å². The van der Waals surface area contributed by atoms with Crippen molar-refractivity contribution in [3.63, 3.8) is 0 Å². The van der Waals surface area contributed by atoms with Crippen LogP contribution in [0.2, 0.25) is 0 Å². The Balaban J connectivity index is 1.97. The zero-order chi connectivity index (χ0) is 9.42. The molecule has 0 bridgehead atoms. The number of amides is 1. The van der Waals surface area contributed by atoms with Crippen molar-refractivity contribution in [2.24, 2.45) is 5.92 Å². The molecule has 2 rings (SSSR count). The van der Waals surface area contributed by atoms with Gasteiger partial charge in [-0.25, -0.2) is 0 Å². The maximum Gasteiger partial charge on any atom is 0.253 e. The van der Waals surface area contributed by atoms with Gasteiger partial charge in [-0.3, -0.25) is 4.79 Å². The molecule has 1 aromatic heterocycles. The lowest BCUT2D eigenvalue weighted by Crippen LogP contribution is -2.26. The summed E-state index contributed by atoms with van der Waals surface area (Å²) in [7, 11) is 0. The summed E-state index contributed by atoms with van der Waals surface area (Å²) in [6, 6.07) is 2.17. The second-order valence-corrected chi connectivity index (χ2v) is 4.38. The van der Waals surface area contributed by atoms with Gasteiger partial charge in [-0.2, -0.15) is 0 Å². The molecule has 1 heterocycles. The van der Waals surface area contributed by atoms with Gasteiger partial charge in [-0.15, -0.1) is 0 Å². The van der Waals surface area contributed by atoms with Crippen LogP contribution < -0.4 is 5.32 Å². The molecular weight excluding hydrogens is 232 g/mol. The molecule has 1 fully saturated rings. The fraction of sp³-hybridized carbons (Fsp3) is 0.444. The van der Waals surface area contributed by atoms with E-state index in [0.29, 0.717) is 17.5 Å². The molecule has 4 heteroatoms. The third kappa shape index (κ3) is 1.94. The summed E-state index contributed by atoms with van der Waals surface area (Å²) in [5, 5.41) is 2.95. The Morgan fingerprint density at radius 3 is 2.92 bits per heavy atom. The summed E-state index contributed by atoms with van der Waals surface area (Å²) in [5.41, 5.74) is 0.686. The van der Waals surface area contributed by atoms with Crippen molar-refractivity contribution in [2.75, 3.05) is 0 Å². The molecule has 0 spiro atoms. The maximum absolute atomic E-state index is 11.5. The van der Waals surface area contributed by atoms with Gasteiger partial charge in [0.05, 0.1) is 10.2 Å². The lowest BCUT2D eigenvalue weighted by molar-refractivity contribution is 0.0949. The molecule has 0 radical (unpaired) electrons. The first-order valence-corrected chi connectivity index (χ1v) is 5.11. The van der Waals surface area contributed by atoms with Crippen LogP contribution in [-0.2, 0) is 0 Å². The summed E-state index contributed by atoms with van der Waals surface area (Å²) >= 11 is 3.26. The molecule has 1 saturated carbocycles. The van der Waals surface area contributed by atoms with E-state index in [1.165, 1.54) is 0 Å². The number of rotatable bonds is 2. The van der Waals surface area contributed by atoms with Crippen LogP contribution in [0, 0.1) is 5.92 Å². The number of halogens is 1. The average Bonchev–Trinajstić information content (AvgIpc) is 2.62. The smallest absolute Gasteiger partial charge is 0.253 e. The van der Waals surface area contributed by atoms with Gasteiger partial charge in [0.2, 0.25) is 0 Å². The van der Waals surface area contributed by atoms with Gasteiger partial charge in [0, 0.05) is 12.2 Å². The zero-order valence-electron chi connectivity index (χ0n) is 7.30. The predicted octanol–water partition coefficient (Wildman–Crippen LogP) is 1.92. The lowest BCUT2D eigenvalue weighted by atomic mass is 10.3. The van der Waals surface area contributed by atoms with E-state index < -0.39 is 0 Å². The van der Waals surface area contributed by atoms with Crippen molar-refractivity contribution in [3.05, 3.63) is 22.4 Å². The fourth-order valence-electron chi connectivity index (χ4n) is 1.27. The molecule has 0 saturated heterocycles. The minimum absolute atomic E-state index is 0.0105. The third-order valence-corrected chi connectivity index (χ3v) is 2.79. The number of carbonyl (C=O) groups excluding carboxylic acids is 1. The third-order valence-electron chi connectivity index (χ3n) is 2.34. The van der Waals surface area contributed by atoms with Crippen molar-refractivity contribution >= 4 is 21.8 Å². The molecular formula is C9H11BrN2O. The van der Waals surface area contributed by atoms with Crippen molar-refractivity contribution < 1.29 is 4.79 Å². The summed E-state index contributed by atoms with van der Waals surface area (Å²) in [6.45, 7) is 2.14. The minimum atomic E-state index is 0.0105. The highest BCUT2D eigenvalue weighted by Gasteiger charge is 2.34. The van der Waals surface area contributed by atoms with E-state index in [1.807, 2.05) is 0 Å². The van der Waals surface area contributed by atoms with Crippen LogP contribution in [0.5, 0.6) is 0 Å². The number of hydrogen-bond donors (Lipinski definition) is 2. The Labute approximate surface area is 85.0 Å². The van der Waals surface area contributed by atoms with Gasteiger partial charge in [0.25, 0.3) is 5.91 Å². The molecule has 0 aromatic carbocycles. The van der Waals surface area contributed by atoms with E-state index >= 15 is 0 Å². The second-order valence-electron chi connectivity index (χ2n) is 3.53. The molecule has 1 amide bonds. The fourth-order valence-corrected chi connectivity index (χ4v) is 1.63. The molecule has 0 unspecified atom stereocenters. The van der Waals surface area contributed by atoms with Crippen LogP contribution in [0.4, 0.5) is 0 Å². The number of carbonyl (C=O) groups is 1. The predicted molar refractivity (Wildman–Crippen MR) is 53.5 cm³/mol. The van der Waals surface area contributed by atoms with E-state index in [0.717, 1.165) is 11.0 Å². The van der Waals surface area contributed by atoms with E-state index in [2.05, 4.69) is 33.2 Å². The lowest BCUT2D eigenvalue weighted by Gasteiger charge is -1.99. The first kappa shape index (κ1) is 8.81. The van der Waals surface area contributed by atoms with Gasteiger partial charge in [-0.05, 0) is 34.3 Å². The number of nitrogens with one attached hydrogen (secondary N) is 2. The first-order valence-electron chi connectivity index (χ1n) is 4.31. The Morgan fingerprint density at radius 1 is 1.77 bits per heavy atom. The highest BCUT2D eigenvalue weighted by Crippen LogP contribution is 2.29. The Hall–Kier alpha value is -0.770. The van der Waals surface area contributed by atoms with Gasteiger partial charge >= 0.3 is 0 Å². The highest BCUT2D eigenvalue weighted by atomic mass is 79.9. The molecule has 3 nitrogen and oxygen atoms in total. The number of H-pyrrole nitrogens is 1. The molecule has 0 aliphatic heterocycles. The van der Waals surface area contributed by atoms with E-state index in [-0.39, 0.29) is 5.91 Å². The van der Waals surface area contributed by atoms with Crippen molar-refractivity contribution in [1.82, 2.24) is 10.3 Å². The van der Waals surface area contributed by atoms with E-state index in [1.54, 1.807) is 12.3 Å². The van der Waals surface area contributed by atoms with Crippen LogP contribution in [0.15, 0.2) is 16.9 Å². The van der Waals surface area contributed by atoms with Crippen LogP contribution >= 0.6 is 15.9 Å². The Bertz CT molecular complexity index is 334. The van der Waals surface area contributed by atoms with Crippen molar-refractivity contribution in [1.29, 1.82) is 0 Å². The van der Waals surface area contributed by atoms with Crippen LogP contribution in [0.3, 0.4) is 0 Å². The minimum Gasteiger partial charge on any atom is -0.355 e. The molecule has 13 heavy (non-hydrogen) atoms.